The van der Waals surface area contributed by atoms with Gasteiger partial charge in [-0.25, -0.2) is 0 Å². The summed E-state index contributed by atoms with van der Waals surface area (Å²) >= 11 is 4.78. The summed E-state index contributed by atoms with van der Waals surface area (Å²) in [5.74, 6) is 0. The first-order chi connectivity index (χ1) is 3.18. The Kier molecular flexibility index (Phi) is 7.26. The molecule has 0 aromatic carbocycles. The zero-order valence-corrected chi connectivity index (χ0v) is 6.68. The molecule has 0 atom stereocenters. The standard InChI is InChI=1S/C4H10N2S.ClH/c1-6(2)4(7)3-5;/h3,5H2,1-2H3;1H. The Labute approximate surface area is 61.4 Å². The van der Waals surface area contributed by atoms with Gasteiger partial charge in [0.05, 0.1) is 4.99 Å². The Morgan fingerprint density at radius 3 is 2.00 bits per heavy atom. The molecule has 8 heavy (non-hydrogen) atoms. The van der Waals surface area contributed by atoms with Crippen LogP contribution in [-0.4, -0.2) is 30.5 Å². The van der Waals surface area contributed by atoms with Crippen LogP contribution < -0.4 is 5.73 Å². The maximum Gasteiger partial charge on any atom is 0.0912 e. The molecule has 0 radical (unpaired) electrons. The summed E-state index contributed by atoms with van der Waals surface area (Å²) in [6, 6.07) is 0. The molecule has 50 valence electrons. The molecule has 0 fully saturated rings. The molecule has 0 rings (SSSR count). The molecule has 0 spiro atoms. The van der Waals surface area contributed by atoms with Gasteiger partial charge in [-0.15, -0.1) is 12.4 Å². The van der Waals surface area contributed by atoms with Crippen LogP contribution in [0.4, 0.5) is 0 Å². The summed E-state index contributed by atoms with van der Waals surface area (Å²) in [6.45, 7) is 0.475. The molecule has 0 aliphatic heterocycles. The fourth-order valence-corrected chi connectivity index (χ4v) is 0.183. The molecule has 4 heteroatoms. The zero-order chi connectivity index (χ0) is 5.86. The molecular formula is C4H11ClN2S. The highest BCUT2D eigenvalue weighted by molar-refractivity contribution is 7.80. The van der Waals surface area contributed by atoms with E-state index in [0.717, 1.165) is 4.99 Å². The molecule has 0 aliphatic carbocycles. The molecule has 0 saturated heterocycles. The van der Waals surface area contributed by atoms with E-state index in [2.05, 4.69) is 0 Å². The van der Waals surface area contributed by atoms with Crippen LogP contribution in [0.2, 0.25) is 0 Å². The second-order valence-corrected chi connectivity index (χ2v) is 1.96. The van der Waals surface area contributed by atoms with Gasteiger partial charge in [-0.05, 0) is 0 Å². The van der Waals surface area contributed by atoms with Gasteiger partial charge in [0, 0.05) is 20.6 Å². The quantitative estimate of drug-likeness (QED) is 0.550. The van der Waals surface area contributed by atoms with Gasteiger partial charge in [0.1, 0.15) is 0 Å². The van der Waals surface area contributed by atoms with Crippen LogP contribution in [0.1, 0.15) is 0 Å². The molecule has 0 aliphatic rings. The van der Waals surface area contributed by atoms with Gasteiger partial charge in [0.25, 0.3) is 0 Å². The van der Waals surface area contributed by atoms with Crippen molar-refractivity contribution >= 4 is 29.6 Å². The van der Waals surface area contributed by atoms with Crippen LogP contribution in [0, 0.1) is 0 Å². The molecule has 0 aromatic heterocycles. The van der Waals surface area contributed by atoms with Crippen molar-refractivity contribution in [2.45, 2.75) is 0 Å². The van der Waals surface area contributed by atoms with E-state index >= 15 is 0 Å². The molecule has 0 bridgehead atoms. The van der Waals surface area contributed by atoms with E-state index in [9.17, 15) is 0 Å². The molecule has 0 heterocycles. The summed E-state index contributed by atoms with van der Waals surface area (Å²) < 4.78 is 0. The number of hydrogen-bond donors (Lipinski definition) is 1. The number of nitrogens with two attached hydrogens (primary N) is 1. The highest BCUT2D eigenvalue weighted by atomic mass is 35.5. The van der Waals surface area contributed by atoms with E-state index in [1.165, 1.54) is 0 Å². The number of nitrogens with zero attached hydrogens (tertiary/aromatic N) is 1. The number of hydrogen-bond acceptors (Lipinski definition) is 2. The van der Waals surface area contributed by atoms with E-state index in [0.29, 0.717) is 6.54 Å². The van der Waals surface area contributed by atoms with Crippen molar-refractivity contribution < 1.29 is 0 Å². The predicted molar refractivity (Wildman–Crippen MR) is 42.6 cm³/mol. The van der Waals surface area contributed by atoms with Gasteiger partial charge in [-0.1, -0.05) is 12.2 Å². The minimum Gasteiger partial charge on any atom is -0.371 e. The molecular weight excluding hydrogens is 144 g/mol. The topological polar surface area (TPSA) is 29.3 Å². The molecule has 0 saturated carbocycles. The van der Waals surface area contributed by atoms with Crippen LogP contribution in [-0.2, 0) is 0 Å². The highest BCUT2D eigenvalue weighted by Gasteiger charge is 1.90. The van der Waals surface area contributed by atoms with Crippen molar-refractivity contribution in [1.29, 1.82) is 0 Å². The van der Waals surface area contributed by atoms with E-state index in [-0.39, 0.29) is 12.4 Å². The lowest BCUT2D eigenvalue weighted by atomic mass is 10.6. The SMILES string of the molecule is CN(C)C(=S)CN.Cl. The first-order valence-corrected chi connectivity index (χ1v) is 2.49. The van der Waals surface area contributed by atoms with E-state index in [4.69, 9.17) is 18.0 Å². The molecule has 0 amide bonds. The third kappa shape index (κ3) is 4.30. The van der Waals surface area contributed by atoms with Gasteiger partial charge >= 0.3 is 0 Å². The van der Waals surface area contributed by atoms with E-state index in [1.54, 1.807) is 0 Å². The molecule has 2 nitrogen and oxygen atoms in total. The number of likely N-dealkylation sites (N-methyl/N-ethyl adjacent to an activating group) is 1. The minimum absolute atomic E-state index is 0. The zero-order valence-electron chi connectivity index (χ0n) is 5.05. The normalized spacial score (nSPS) is 7.38. The molecule has 0 aromatic rings. The largest absolute Gasteiger partial charge is 0.371 e. The Morgan fingerprint density at radius 2 is 2.00 bits per heavy atom. The summed E-state index contributed by atoms with van der Waals surface area (Å²) in [6.07, 6.45) is 0. The first kappa shape index (κ1) is 11.0. The van der Waals surface area contributed by atoms with Crippen LogP contribution in [0.5, 0.6) is 0 Å². The average molecular weight is 155 g/mol. The summed E-state index contributed by atoms with van der Waals surface area (Å²) in [5, 5.41) is 0. The number of rotatable bonds is 1. The highest BCUT2D eigenvalue weighted by Crippen LogP contribution is 1.76. The van der Waals surface area contributed by atoms with Crippen LogP contribution in [0.3, 0.4) is 0 Å². The van der Waals surface area contributed by atoms with E-state index < -0.39 is 0 Å². The monoisotopic (exact) mass is 154 g/mol. The van der Waals surface area contributed by atoms with Crippen LogP contribution in [0.15, 0.2) is 0 Å². The van der Waals surface area contributed by atoms with Crippen molar-refractivity contribution in [2.24, 2.45) is 5.73 Å². The van der Waals surface area contributed by atoms with Gasteiger partial charge in [-0.3, -0.25) is 0 Å². The maximum atomic E-state index is 5.19. The second kappa shape index (κ2) is 5.28. The lowest BCUT2D eigenvalue weighted by Gasteiger charge is -2.09. The fraction of sp³-hybridized carbons (Fsp3) is 0.750. The third-order valence-electron chi connectivity index (χ3n) is 0.673. The Balaban J connectivity index is 0. The van der Waals surface area contributed by atoms with Gasteiger partial charge < -0.3 is 10.6 Å². The summed E-state index contributed by atoms with van der Waals surface area (Å²) in [7, 11) is 3.77. The van der Waals surface area contributed by atoms with Crippen LogP contribution >= 0.6 is 24.6 Å². The summed E-state index contributed by atoms with van der Waals surface area (Å²) in [4.78, 5) is 2.62. The van der Waals surface area contributed by atoms with Crippen molar-refractivity contribution in [2.75, 3.05) is 20.6 Å². The Hall–Kier alpha value is 0.140. The minimum atomic E-state index is 0. The Morgan fingerprint density at radius 1 is 1.62 bits per heavy atom. The van der Waals surface area contributed by atoms with Crippen molar-refractivity contribution in [3.63, 3.8) is 0 Å². The molecule has 0 unspecified atom stereocenters. The van der Waals surface area contributed by atoms with Crippen molar-refractivity contribution in [3.8, 4) is 0 Å². The van der Waals surface area contributed by atoms with E-state index in [1.807, 2.05) is 19.0 Å². The lowest BCUT2D eigenvalue weighted by molar-refractivity contribution is 0.626. The van der Waals surface area contributed by atoms with Gasteiger partial charge in [0.15, 0.2) is 0 Å². The van der Waals surface area contributed by atoms with Crippen LogP contribution in [0.25, 0.3) is 0 Å². The smallest absolute Gasteiger partial charge is 0.0912 e. The first-order valence-electron chi connectivity index (χ1n) is 2.08. The van der Waals surface area contributed by atoms with Gasteiger partial charge in [-0.2, -0.15) is 0 Å². The average Bonchev–Trinajstić information content (AvgIpc) is 1.65. The predicted octanol–water partition coefficient (Wildman–Crippen LogP) is 0.256. The number of thiocarbonyl (C=S) groups is 1. The third-order valence-corrected chi connectivity index (χ3v) is 1.21. The van der Waals surface area contributed by atoms with Gasteiger partial charge in [0.2, 0.25) is 0 Å². The second-order valence-electron chi connectivity index (χ2n) is 1.49. The summed E-state index contributed by atoms with van der Waals surface area (Å²) in [5.41, 5.74) is 5.19. The number of halogens is 1. The Bertz CT molecular complexity index is 74.4. The van der Waals surface area contributed by atoms with Crippen molar-refractivity contribution in [1.82, 2.24) is 4.90 Å². The fourth-order valence-electron chi connectivity index (χ4n) is 0.183. The maximum absolute atomic E-state index is 5.19. The molecule has 2 N–H and O–H groups in total. The van der Waals surface area contributed by atoms with Crippen molar-refractivity contribution in [3.05, 3.63) is 0 Å². The lowest BCUT2D eigenvalue weighted by Crippen LogP contribution is -2.26.